The van der Waals surface area contributed by atoms with Crippen LogP contribution >= 0.6 is 35.3 Å². The van der Waals surface area contributed by atoms with Gasteiger partial charge < -0.3 is 19.1 Å². The van der Waals surface area contributed by atoms with Gasteiger partial charge in [0, 0.05) is 12.3 Å². The number of ether oxygens (including phenoxy) is 2. The lowest BCUT2D eigenvalue weighted by molar-refractivity contribution is -0.150. The topological polar surface area (TPSA) is 158 Å². The first-order valence-electron chi connectivity index (χ1n) is 11.4. The number of aromatic amines is 1. The zero-order valence-corrected chi connectivity index (χ0v) is 23.4. The molecule has 3 rings (SSSR count). The number of carbonyl (C=O) groups excluding carboxylic acids is 1. The molecule has 1 aromatic heterocycles. The first kappa shape index (κ1) is 29.6. The number of para-hydroxylation sites is 1. The minimum atomic E-state index is -4.25. The number of benzene rings is 1. The second-order valence-electron chi connectivity index (χ2n) is 8.37. The third-order valence-electron chi connectivity index (χ3n) is 5.46. The van der Waals surface area contributed by atoms with E-state index in [9.17, 15) is 24.1 Å². The van der Waals surface area contributed by atoms with Gasteiger partial charge in [0.2, 0.25) is 0 Å². The molecular weight excluding hydrogens is 597 g/mol. The Balaban J connectivity index is 1.79. The largest absolute Gasteiger partial charge is 0.462 e. The summed E-state index contributed by atoms with van der Waals surface area (Å²) in [6.45, 7) is 4.50. The van der Waals surface area contributed by atoms with Gasteiger partial charge in [0.05, 0.1) is 12.7 Å². The number of halogens is 2. The summed E-state index contributed by atoms with van der Waals surface area (Å²) in [4.78, 5) is 38.2. The van der Waals surface area contributed by atoms with Gasteiger partial charge in [-0.05, 0) is 32.4 Å². The minimum Gasteiger partial charge on any atom is -0.462 e. The molecule has 12 nitrogen and oxygen atoms in total. The van der Waals surface area contributed by atoms with Gasteiger partial charge in [-0.15, -0.1) is 0 Å². The fourth-order valence-corrected chi connectivity index (χ4v) is 5.70. The third-order valence-corrected chi connectivity index (χ3v) is 8.37. The molecule has 7 atom stereocenters. The van der Waals surface area contributed by atoms with Crippen molar-refractivity contribution in [2.24, 2.45) is 0 Å². The van der Waals surface area contributed by atoms with Gasteiger partial charge in [0.15, 0.2) is 10.0 Å². The van der Waals surface area contributed by atoms with E-state index < -0.39 is 59.8 Å². The molecule has 0 radical (unpaired) electrons. The van der Waals surface area contributed by atoms with E-state index in [1.165, 1.54) is 6.92 Å². The lowest BCUT2D eigenvalue weighted by Gasteiger charge is -2.25. The molecule has 2 unspecified atom stereocenters. The number of hydrogen-bond acceptors (Lipinski definition) is 9. The van der Waals surface area contributed by atoms with E-state index in [4.69, 9.17) is 30.1 Å². The molecule has 1 saturated heterocycles. The van der Waals surface area contributed by atoms with Crippen molar-refractivity contribution >= 4 is 41.2 Å². The van der Waals surface area contributed by atoms with Gasteiger partial charge in [0.25, 0.3) is 5.56 Å². The maximum atomic E-state index is 13.7. The Morgan fingerprint density at radius 2 is 2.00 bits per heavy atom. The summed E-state index contributed by atoms with van der Waals surface area (Å²) in [7, 11) is -4.25. The summed E-state index contributed by atoms with van der Waals surface area (Å²) in [6, 6.07) is 8.15. The van der Waals surface area contributed by atoms with Crippen LogP contribution in [0.4, 0.5) is 0 Å². The number of hydrogen-bond donors (Lipinski definition) is 3. The monoisotopic (exact) mass is 623 g/mol. The summed E-state index contributed by atoms with van der Waals surface area (Å²) >= 11 is 9.62. The van der Waals surface area contributed by atoms with Gasteiger partial charge >= 0.3 is 19.4 Å². The van der Waals surface area contributed by atoms with Crippen molar-refractivity contribution in [2.75, 3.05) is 6.61 Å². The Labute approximate surface area is 225 Å². The Bertz CT molecular complexity index is 1240. The molecule has 1 aliphatic heterocycles. The SMILES string of the molecule is CCC(C)OC(=O)[C@H](C)NP(=O)(OC[C@H]1O[C@@H](n2ccc(=O)[nH]c2=O)[C@](Cl)(Br)[C@@H]1O)Oc1ccccc1. The molecule has 2 heterocycles. The van der Waals surface area contributed by atoms with Gasteiger partial charge in [0.1, 0.15) is 24.0 Å². The van der Waals surface area contributed by atoms with Crippen molar-refractivity contribution in [1.29, 1.82) is 0 Å². The zero-order valence-electron chi connectivity index (χ0n) is 20.2. The van der Waals surface area contributed by atoms with E-state index in [1.54, 1.807) is 37.3 Å². The smallest absolute Gasteiger partial charge is 0.459 e. The van der Waals surface area contributed by atoms with Crippen molar-refractivity contribution in [1.82, 2.24) is 14.6 Å². The predicted octanol–water partition coefficient (Wildman–Crippen LogP) is 2.65. The summed E-state index contributed by atoms with van der Waals surface area (Å²) in [5, 5.41) is 13.3. The van der Waals surface area contributed by atoms with E-state index in [0.29, 0.717) is 6.42 Å². The third kappa shape index (κ3) is 7.32. The number of carbonyl (C=O) groups is 1. The summed E-state index contributed by atoms with van der Waals surface area (Å²) in [5.74, 6) is -0.469. The first-order valence-corrected chi connectivity index (χ1v) is 14.1. The van der Waals surface area contributed by atoms with Crippen LogP contribution in [-0.4, -0.2) is 55.4 Å². The lowest BCUT2D eigenvalue weighted by atomic mass is 10.2. The van der Waals surface area contributed by atoms with E-state index in [-0.39, 0.29) is 11.9 Å². The van der Waals surface area contributed by atoms with Crippen LogP contribution in [0.15, 0.2) is 52.2 Å². The molecule has 0 bridgehead atoms. The standard InChI is InChI=1S/C22H28BrClN3O9P/c1-4-13(2)34-19(30)14(3)26-37(32,36-15-8-6-5-7-9-15)33-12-16-18(29)22(23,24)20(35-16)27-11-10-17(28)25-21(27)31/h5-11,13-14,16,18,20,29H,4,12H2,1-3H3,(H,26,32)(H,25,28,31)/t13?,14-,16+,18+,20+,22-,37?/m0/s1. The highest BCUT2D eigenvalue weighted by molar-refractivity contribution is 9.10. The average Bonchev–Trinajstić information content (AvgIpc) is 3.06. The van der Waals surface area contributed by atoms with Crippen LogP contribution in [-0.2, 0) is 23.4 Å². The second-order valence-corrected chi connectivity index (χ2v) is 12.5. The van der Waals surface area contributed by atoms with Gasteiger partial charge in [-0.2, -0.15) is 5.09 Å². The number of rotatable bonds is 11. The van der Waals surface area contributed by atoms with Crippen LogP contribution in [0.2, 0.25) is 0 Å². The number of nitrogens with zero attached hydrogens (tertiary/aromatic N) is 1. The maximum Gasteiger partial charge on any atom is 0.459 e. The molecule has 1 aromatic carbocycles. The maximum absolute atomic E-state index is 13.7. The predicted molar refractivity (Wildman–Crippen MR) is 138 cm³/mol. The highest BCUT2D eigenvalue weighted by Crippen LogP contribution is 2.50. The molecule has 37 heavy (non-hydrogen) atoms. The lowest BCUT2D eigenvalue weighted by Crippen LogP contribution is -2.41. The number of aromatic nitrogens is 2. The molecule has 0 aliphatic carbocycles. The van der Waals surface area contributed by atoms with Crippen LogP contribution in [0.1, 0.15) is 33.4 Å². The van der Waals surface area contributed by atoms with Crippen LogP contribution in [0.25, 0.3) is 0 Å². The van der Waals surface area contributed by atoms with Crippen LogP contribution in [0.5, 0.6) is 5.75 Å². The summed E-state index contributed by atoms with van der Waals surface area (Å²) in [6.07, 6.45) is -2.52. The number of H-pyrrole nitrogens is 1. The van der Waals surface area contributed by atoms with E-state index in [2.05, 4.69) is 26.0 Å². The number of nitrogens with one attached hydrogen (secondary N) is 2. The number of esters is 1. The highest BCUT2D eigenvalue weighted by Gasteiger charge is 2.55. The van der Waals surface area contributed by atoms with Crippen molar-refractivity contribution in [3.05, 3.63) is 63.4 Å². The molecular formula is C22H28BrClN3O9P. The fraction of sp³-hybridized carbons (Fsp3) is 0.500. The van der Waals surface area contributed by atoms with Gasteiger partial charge in [-0.25, -0.2) is 9.36 Å². The van der Waals surface area contributed by atoms with E-state index >= 15 is 0 Å². The summed E-state index contributed by atoms with van der Waals surface area (Å²) in [5.41, 5.74) is -1.44. The van der Waals surface area contributed by atoms with Crippen molar-refractivity contribution in [2.45, 2.75) is 61.6 Å². The van der Waals surface area contributed by atoms with Crippen LogP contribution < -0.4 is 20.9 Å². The highest BCUT2D eigenvalue weighted by atomic mass is 79.9. The van der Waals surface area contributed by atoms with E-state index in [0.717, 1.165) is 16.8 Å². The Hall–Kier alpha value is -1.99. The Morgan fingerprint density at radius 1 is 1.32 bits per heavy atom. The molecule has 2 aromatic rings. The normalized spacial score (nSPS) is 26.7. The minimum absolute atomic E-state index is 0.193. The number of alkyl halides is 2. The van der Waals surface area contributed by atoms with Crippen LogP contribution in [0, 0.1) is 0 Å². The van der Waals surface area contributed by atoms with Crippen molar-refractivity contribution < 1.29 is 33.0 Å². The van der Waals surface area contributed by atoms with E-state index in [1.807, 2.05) is 6.92 Å². The molecule has 0 spiro atoms. The number of aliphatic hydroxyl groups is 1. The molecule has 15 heteroatoms. The second kappa shape index (κ2) is 12.2. The van der Waals surface area contributed by atoms with Crippen molar-refractivity contribution in [3.8, 4) is 5.75 Å². The molecule has 0 saturated carbocycles. The molecule has 204 valence electrons. The Kier molecular flexibility index (Phi) is 9.79. The molecule has 1 aliphatic rings. The van der Waals surface area contributed by atoms with Gasteiger partial charge in [-0.3, -0.25) is 23.7 Å². The fourth-order valence-electron chi connectivity index (χ4n) is 3.27. The van der Waals surface area contributed by atoms with Crippen LogP contribution in [0.3, 0.4) is 0 Å². The Morgan fingerprint density at radius 3 is 2.62 bits per heavy atom. The van der Waals surface area contributed by atoms with Gasteiger partial charge in [-0.1, -0.05) is 52.7 Å². The molecule has 1 fully saturated rings. The first-order chi connectivity index (χ1) is 17.4. The quantitative estimate of drug-likeness (QED) is 0.193. The zero-order chi connectivity index (χ0) is 27.4. The molecule has 3 N–H and O–H groups in total. The molecule has 0 amide bonds. The van der Waals surface area contributed by atoms with Crippen molar-refractivity contribution in [3.63, 3.8) is 0 Å². The number of aliphatic hydroxyl groups excluding tert-OH is 1. The summed E-state index contributed by atoms with van der Waals surface area (Å²) < 4.78 is 35.2. The average molecular weight is 625 g/mol.